The third-order valence-electron chi connectivity index (χ3n) is 25.5. The monoisotopic (exact) mass is 1680 g/mol. The molecule has 35 heteroatoms. The van der Waals surface area contributed by atoms with E-state index in [0.29, 0.717) is 69.2 Å². The summed E-state index contributed by atoms with van der Waals surface area (Å²) in [6.07, 6.45) is 4.93. The molecule has 2 aliphatic heterocycles. The van der Waals surface area contributed by atoms with Crippen LogP contribution in [0, 0.1) is 28.6 Å². The zero-order valence-corrected chi connectivity index (χ0v) is 70.1. The number of anilines is 1. The number of nitrogens with zero attached hydrogens (tertiary/aromatic N) is 1. The molecule has 2 saturated carbocycles. The minimum atomic E-state index is -1.62. The van der Waals surface area contributed by atoms with Crippen LogP contribution in [-0.4, -0.2) is 254 Å². The molecule has 0 spiro atoms. The number of carbonyl (C=O) groups excluding carboxylic acids is 11. The standard InChI is InChI=1S/C85H128N12O23/c1-50(2)70(95-75(109)58(91-65(101)29-37-115-39-41-117-43-44-118-42-40-116-38-36-97-67(103)27-28-68(97)104)16-10-11-34-88-66(102)49-119-61-18-9-7-8-15-57(69(61)86)94-78-73(107)72(106)71(105)62(48-99)120-78)77(111)92-59(17-12-35-89-81(87)114)74(108)93-60(47-98)76(110)90-53-23-19-51-21-25-63-82(3,55(51)45-53)30-13-32-84(63,5)79(112)96-80(113)85(6)33-14-31-83(4)56-46-54(100)24-20-52(56)22-26-64(83)85/h19-20,23-24,27-28,45-46,50,58-64,70-73,78,94,98-100,105-107H,7-18,21-22,25-26,29-44,47-49,86H2,1-6H3,(H,88,102)(H,90,110)(H,91,101)(H,92,111)(H,93,108)(H,95,109)(H3,87,89,114)(H,96,112,113)/t58-,59+,60+,61?,62-,63-,64-,70+,71+,72+,73-,78-,82-,83-,84+,85+/m1/s1. The molecule has 666 valence electrons. The van der Waals surface area contributed by atoms with Crippen LogP contribution in [0.2, 0.25) is 0 Å². The molecule has 2 aromatic rings. The van der Waals surface area contributed by atoms with Gasteiger partial charge in [-0.15, -0.1) is 0 Å². The molecular weight excluding hydrogens is 1560 g/mol. The number of carbonyl (C=O) groups is 11. The molecule has 12 amide bonds. The molecule has 16 atom stereocenters. The van der Waals surface area contributed by atoms with Crippen LogP contribution >= 0.6 is 0 Å². The predicted octanol–water partition coefficient (Wildman–Crippen LogP) is 1.31. The van der Waals surface area contributed by atoms with Crippen LogP contribution in [0.25, 0.3) is 0 Å². The van der Waals surface area contributed by atoms with Gasteiger partial charge in [0.1, 0.15) is 60.9 Å². The van der Waals surface area contributed by atoms with E-state index in [1.165, 1.54) is 17.7 Å². The second-order valence-electron chi connectivity index (χ2n) is 34.1. The normalized spacial score (nSPS) is 26.9. The Labute approximate surface area is 700 Å². The fraction of sp³-hybridized carbons (Fsp3) is 0.682. The maximum Gasteiger partial charge on any atom is 0.312 e. The van der Waals surface area contributed by atoms with E-state index < -0.39 is 156 Å². The molecule has 0 aromatic heterocycles. The molecule has 0 bridgehead atoms. The van der Waals surface area contributed by atoms with Gasteiger partial charge in [0, 0.05) is 43.0 Å². The third kappa shape index (κ3) is 24.4. The van der Waals surface area contributed by atoms with E-state index in [-0.39, 0.29) is 145 Å². The number of ether oxygens (including phenoxy) is 6. The molecule has 35 nitrogen and oxygen atoms in total. The SMILES string of the molecule is CC(C)[C@H](NC(=O)[C@@H](CCCCNC(=O)COC1CCCCCC(N[C@@H]2O[C@H](CO)[C@H](O)[C@H](O)[C@H]2O)=C1N)NC(=O)CCOCCOCCOCCOCCN1C(=O)C=CC1=O)C(=O)N[C@@H](CCCNC(N)=O)C(=O)N[C@@H](CO)C(=O)Nc1ccc2c(c1)[C@@]1(C)CCC[C@](C)(C(=O)NC(=O)[C@@]3(C)CCC[C@]4(C)c5cc(O)ccc5CC[C@@H]34)[C@@H]1CC2. The zero-order chi connectivity index (χ0) is 87.1. The van der Waals surface area contributed by atoms with Crippen molar-refractivity contribution in [3.8, 4) is 5.75 Å². The van der Waals surface area contributed by atoms with Crippen LogP contribution in [0.5, 0.6) is 5.75 Å². The first-order valence-corrected chi connectivity index (χ1v) is 42.5. The molecule has 1 unspecified atom stereocenters. The van der Waals surface area contributed by atoms with Gasteiger partial charge in [-0.2, -0.15) is 0 Å². The van der Waals surface area contributed by atoms with Gasteiger partial charge in [0.2, 0.25) is 47.3 Å². The van der Waals surface area contributed by atoms with Crippen molar-refractivity contribution in [2.24, 2.45) is 40.1 Å². The summed E-state index contributed by atoms with van der Waals surface area (Å²) in [5.41, 5.74) is 14.5. The lowest BCUT2D eigenvalue weighted by Gasteiger charge is -2.56. The summed E-state index contributed by atoms with van der Waals surface area (Å²) >= 11 is 0. The molecule has 2 aromatic carbocycles. The lowest BCUT2D eigenvalue weighted by molar-refractivity contribution is -0.234. The van der Waals surface area contributed by atoms with Crippen LogP contribution < -0.4 is 59.3 Å². The Morgan fingerprint density at radius 1 is 0.592 bits per heavy atom. The number of primary amides is 1. The highest BCUT2D eigenvalue weighted by atomic mass is 16.6. The van der Waals surface area contributed by atoms with Crippen LogP contribution in [0.4, 0.5) is 10.5 Å². The summed E-state index contributed by atoms with van der Waals surface area (Å²) < 4.78 is 33.9. The summed E-state index contributed by atoms with van der Waals surface area (Å²) in [6.45, 7) is 11.1. The second-order valence-corrected chi connectivity index (χ2v) is 34.1. The smallest absolute Gasteiger partial charge is 0.312 e. The number of hydrogen-bond acceptors (Lipinski definition) is 25. The van der Waals surface area contributed by atoms with Gasteiger partial charge in [0.15, 0.2) is 6.23 Å². The number of amides is 12. The van der Waals surface area contributed by atoms with Gasteiger partial charge in [-0.1, -0.05) is 79.4 Å². The number of rotatable bonds is 43. The molecule has 5 aliphatic carbocycles. The van der Waals surface area contributed by atoms with Crippen molar-refractivity contribution in [3.63, 3.8) is 0 Å². The number of hydrogen-bond donors (Lipinski definition) is 17. The van der Waals surface area contributed by atoms with Crippen LogP contribution in [0.15, 0.2) is 59.9 Å². The van der Waals surface area contributed by atoms with Crippen molar-refractivity contribution < 1.29 is 112 Å². The molecule has 9 rings (SSSR count). The van der Waals surface area contributed by atoms with Gasteiger partial charge in [-0.05, 0) is 178 Å². The second kappa shape index (κ2) is 44.4. The molecule has 120 heavy (non-hydrogen) atoms. The Bertz CT molecular complexity index is 3960. The van der Waals surface area contributed by atoms with E-state index in [9.17, 15) is 83.4 Å². The summed E-state index contributed by atoms with van der Waals surface area (Å²) in [5.74, 6) is -6.47. The summed E-state index contributed by atoms with van der Waals surface area (Å²) in [5, 5.41) is 87.5. The van der Waals surface area contributed by atoms with Gasteiger partial charge < -0.3 is 113 Å². The number of nitrogens with two attached hydrogens (primary N) is 2. The van der Waals surface area contributed by atoms with Crippen molar-refractivity contribution in [2.75, 3.05) is 97.6 Å². The van der Waals surface area contributed by atoms with Gasteiger partial charge in [-0.25, -0.2) is 4.79 Å². The first kappa shape index (κ1) is 95.1. The Hall–Kier alpha value is -8.75. The highest BCUT2D eigenvalue weighted by molar-refractivity contribution is 6.13. The maximum atomic E-state index is 15.0. The topological polar surface area (TPSA) is 528 Å². The van der Waals surface area contributed by atoms with Gasteiger partial charge >= 0.3 is 6.03 Å². The Morgan fingerprint density at radius 3 is 1.77 bits per heavy atom. The average Bonchev–Trinajstić information content (AvgIpc) is 0.746. The minimum absolute atomic E-state index is 0.00585. The number of fused-ring (bicyclic) bond motifs is 6. The van der Waals surface area contributed by atoms with Crippen molar-refractivity contribution in [3.05, 3.63) is 82.2 Å². The first-order valence-electron chi connectivity index (χ1n) is 42.5. The molecule has 0 radical (unpaired) electrons. The molecule has 2 heterocycles. The van der Waals surface area contributed by atoms with Gasteiger partial charge in [0.05, 0.1) is 95.2 Å². The number of aryl methyl sites for hydroxylation is 2. The van der Waals surface area contributed by atoms with E-state index in [0.717, 1.165) is 66.5 Å². The fourth-order valence-corrected chi connectivity index (χ4v) is 18.7. The number of allylic oxidation sites excluding steroid dienone is 1. The number of aliphatic hydroxyl groups is 5. The van der Waals surface area contributed by atoms with Crippen molar-refractivity contribution in [1.82, 2.24) is 47.4 Å². The van der Waals surface area contributed by atoms with E-state index in [2.05, 4.69) is 61.7 Å². The highest BCUT2D eigenvalue weighted by Crippen LogP contribution is 2.60. The zero-order valence-electron chi connectivity index (χ0n) is 70.1. The lowest BCUT2D eigenvalue weighted by Crippen LogP contribution is -2.62. The van der Waals surface area contributed by atoms with E-state index in [4.69, 9.17) is 39.9 Å². The highest BCUT2D eigenvalue weighted by Gasteiger charge is 2.59. The summed E-state index contributed by atoms with van der Waals surface area (Å²) in [4.78, 5) is 151. The Balaban J connectivity index is 0.799. The molecule has 3 fully saturated rings. The van der Waals surface area contributed by atoms with Gasteiger partial charge in [-0.3, -0.25) is 58.2 Å². The first-order chi connectivity index (χ1) is 57.3. The van der Waals surface area contributed by atoms with Crippen LogP contribution in [0.1, 0.15) is 186 Å². The fourth-order valence-electron chi connectivity index (χ4n) is 18.7. The Morgan fingerprint density at radius 2 is 1.16 bits per heavy atom. The number of imide groups is 2. The Kier molecular flexibility index (Phi) is 35.1. The van der Waals surface area contributed by atoms with Crippen molar-refractivity contribution in [1.29, 1.82) is 0 Å². The number of benzene rings is 2. The van der Waals surface area contributed by atoms with E-state index in [1.807, 2.05) is 38.1 Å². The number of phenols is 1. The maximum absolute atomic E-state index is 15.0. The summed E-state index contributed by atoms with van der Waals surface area (Å²) in [7, 11) is 0. The molecule has 19 N–H and O–H groups in total. The largest absolute Gasteiger partial charge is 0.508 e. The quantitative estimate of drug-likeness (QED) is 0.0329. The average molecular weight is 1690 g/mol. The number of aromatic hydroxyl groups is 1. The molecule has 7 aliphatic rings. The number of unbranched alkanes of at least 4 members (excludes halogenated alkanes) is 1. The predicted molar refractivity (Wildman–Crippen MR) is 437 cm³/mol. The van der Waals surface area contributed by atoms with Gasteiger partial charge in [0.25, 0.3) is 11.8 Å². The third-order valence-corrected chi connectivity index (χ3v) is 25.5. The minimum Gasteiger partial charge on any atom is -0.508 e. The number of phenolic OH excluding ortho intramolecular Hbond substituents is 1. The van der Waals surface area contributed by atoms with E-state index >= 15 is 0 Å². The number of aliphatic hydroxyl groups excluding tert-OH is 5. The van der Waals surface area contributed by atoms with Crippen molar-refractivity contribution in [2.45, 2.75) is 248 Å². The number of urea groups is 1. The molecule has 1 saturated heterocycles. The number of nitrogens with one attached hydrogen (secondary N) is 9. The van der Waals surface area contributed by atoms with Crippen molar-refractivity contribution >= 4 is 70.8 Å². The van der Waals surface area contributed by atoms with Crippen LogP contribution in [-0.2, 0) is 100 Å². The van der Waals surface area contributed by atoms with Crippen LogP contribution in [0.3, 0.4) is 0 Å². The lowest BCUT2D eigenvalue weighted by atomic mass is 9.49. The molecular formula is C85H128N12O23. The summed E-state index contributed by atoms with van der Waals surface area (Å²) in [6, 6.07) is 4.58. The van der Waals surface area contributed by atoms with E-state index in [1.54, 1.807) is 26.0 Å².